The quantitative estimate of drug-likeness (QED) is 0.363. The predicted molar refractivity (Wildman–Crippen MR) is 35.4 cm³/mol. The van der Waals surface area contributed by atoms with Crippen molar-refractivity contribution in [2.24, 2.45) is 0 Å². The van der Waals surface area contributed by atoms with Gasteiger partial charge in [0.2, 0.25) is 0 Å². The number of fused-ring (bicyclic) bond motifs is 1. The first-order valence-electron chi connectivity index (χ1n) is 2.45. The zero-order valence-electron chi connectivity index (χ0n) is 4.07. The lowest BCUT2D eigenvalue weighted by Crippen LogP contribution is -2.53. The van der Waals surface area contributed by atoms with E-state index >= 15 is 0 Å². The fourth-order valence-electron chi connectivity index (χ4n) is 0.915. The van der Waals surface area contributed by atoms with Crippen molar-refractivity contribution in [1.82, 2.24) is 0 Å². The first-order valence-corrected chi connectivity index (χ1v) is 3.21. The molecule has 0 nitrogen and oxygen atoms in total. The van der Waals surface area contributed by atoms with Crippen LogP contribution in [0.5, 0.6) is 0 Å². The Kier molecular flexibility index (Phi) is 0.615. The molecule has 0 aliphatic heterocycles. The van der Waals surface area contributed by atoms with Gasteiger partial charge in [0, 0.05) is 0 Å². The fourth-order valence-corrected chi connectivity index (χ4v) is 1.42. The third kappa shape index (κ3) is 0.292. The summed E-state index contributed by atoms with van der Waals surface area (Å²) in [6, 6.07) is 0. The van der Waals surface area contributed by atoms with Crippen LogP contribution in [0.3, 0.4) is 0 Å². The summed E-state index contributed by atoms with van der Waals surface area (Å²) in [4.78, 5) is -0.650. The third-order valence-corrected chi connectivity index (χ3v) is 2.95. The Balaban J connectivity index is 2.50. The summed E-state index contributed by atoms with van der Waals surface area (Å²) in [6.07, 6.45) is 7.62. The van der Waals surface area contributed by atoms with E-state index < -0.39 is 0 Å². The van der Waals surface area contributed by atoms with Gasteiger partial charge in [-0.25, -0.2) is 0 Å². The SMILES string of the molecule is ClC12C=CC1(Cl)C=C2. The first-order chi connectivity index (χ1) is 3.66. The lowest BCUT2D eigenvalue weighted by Gasteiger charge is -2.48. The van der Waals surface area contributed by atoms with Gasteiger partial charge in [-0.1, -0.05) is 24.3 Å². The van der Waals surface area contributed by atoms with Gasteiger partial charge < -0.3 is 0 Å². The van der Waals surface area contributed by atoms with E-state index in [-0.39, 0.29) is 9.75 Å². The molecule has 42 valence electrons. The van der Waals surface area contributed by atoms with Crippen LogP contribution in [-0.4, -0.2) is 9.75 Å². The largest absolute Gasteiger partial charge is 0.108 e. The lowest BCUT2D eigenvalue weighted by atomic mass is 9.72. The zero-order valence-corrected chi connectivity index (χ0v) is 5.58. The van der Waals surface area contributed by atoms with E-state index in [4.69, 9.17) is 23.2 Å². The molecular formula is C6H4Cl2. The molecule has 0 aromatic heterocycles. The van der Waals surface area contributed by atoms with Crippen molar-refractivity contribution in [3.8, 4) is 0 Å². The summed E-state index contributed by atoms with van der Waals surface area (Å²) in [5, 5.41) is 0. The average Bonchev–Trinajstić information content (AvgIpc) is 1.81. The Hall–Kier alpha value is 0.0600. The van der Waals surface area contributed by atoms with Gasteiger partial charge in [0.25, 0.3) is 0 Å². The minimum atomic E-state index is -0.325. The fraction of sp³-hybridized carbons (Fsp3) is 0.333. The van der Waals surface area contributed by atoms with Gasteiger partial charge in [-0.3, -0.25) is 0 Å². The highest BCUT2D eigenvalue weighted by Gasteiger charge is 2.54. The normalized spacial score (nSPS) is 56.8. The summed E-state index contributed by atoms with van der Waals surface area (Å²) in [5.74, 6) is 0. The summed E-state index contributed by atoms with van der Waals surface area (Å²) >= 11 is 11.8. The Morgan fingerprint density at radius 2 is 1.00 bits per heavy atom. The molecule has 0 radical (unpaired) electrons. The van der Waals surface area contributed by atoms with E-state index in [1.807, 2.05) is 24.3 Å². The Labute approximate surface area is 57.8 Å². The molecule has 0 atom stereocenters. The van der Waals surface area contributed by atoms with Crippen molar-refractivity contribution in [2.45, 2.75) is 9.75 Å². The molecule has 0 bridgehead atoms. The molecule has 0 heterocycles. The van der Waals surface area contributed by atoms with Gasteiger partial charge in [0.05, 0.1) is 0 Å². The number of hydrogen-bond donors (Lipinski definition) is 0. The van der Waals surface area contributed by atoms with Gasteiger partial charge in [0.1, 0.15) is 9.75 Å². The maximum atomic E-state index is 5.88. The maximum absolute atomic E-state index is 5.88. The van der Waals surface area contributed by atoms with E-state index in [0.717, 1.165) is 0 Å². The number of rotatable bonds is 0. The third-order valence-electron chi connectivity index (χ3n) is 1.72. The standard InChI is InChI=1S/C6H4Cl2/c7-5-1-2-6(5,8)4-3-5/h1-4H. The smallest absolute Gasteiger partial charge is 0.107 e. The van der Waals surface area contributed by atoms with Gasteiger partial charge in [-0.15, -0.1) is 23.2 Å². The highest BCUT2D eigenvalue weighted by molar-refractivity contribution is 6.42. The highest BCUT2D eigenvalue weighted by atomic mass is 35.5. The minimum Gasteiger partial charge on any atom is -0.108 e. The van der Waals surface area contributed by atoms with Crippen LogP contribution in [0.2, 0.25) is 0 Å². The van der Waals surface area contributed by atoms with Crippen LogP contribution in [0.15, 0.2) is 24.3 Å². The molecule has 0 unspecified atom stereocenters. The average molecular weight is 147 g/mol. The number of hydrogen-bond acceptors (Lipinski definition) is 0. The van der Waals surface area contributed by atoms with Crippen molar-refractivity contribution in [2.75, 3.05) is 0 Å². The molecule has 8 heavy (non-hydrogen) atoms. The number of halogens is 2. The molecule has 0 saturated heterocycles. The van der Waals surface area contributed by atoms with Crippen molar-refractivity contribution in [3.63, 3.8) is 0 Å². The van der Waals surface area contributed by atoms with Gasteiger partial charge >= 0.3 is 0 Å². The molecule has 0 fully saturated rings. The molecule has 0 aromatic rings. The molecular weight excluding hydrogens is 143 g/mol. The molecule has 2 aliphatic carbocycles. The highest BCUT2D eigenvalue weighted by Crippen LogP contribution is 2.54. The van der Waals surface area contributed by atoms with E-state index in [2.05, 4.69) is 0 Å². The summed E-state index contributed by atoms with van der Waals surface area (Å²) < 4.78 is 0. The van der Waals surface area contributed by atoms with Gasteiger partial charge in [-0.2, -0.15) is 0 Å². The van der Waals surface area contributed by atoms with E-state index in [0.29, 0.717) is 0 Å². The van der Waals surface area contributed by atoms with Crippen molar-refractivity contribution in [3.05, 3.63) is 24.3 Å². The van der Waals surface area contributed by atoms with Crippen molar-refractivity contribution in [1.29, 1.82) is 0 Å². The topological polar surface area (TPSA) is 0 Å². The monoisotopic (exact) mass is 146 g/mol. The van der Waals surface area contributed by atoms with Crippen LogP contribution in [0.4, 0.5) is 0 Å². The number of alkyl halides is 2. The Morgan fingerprint density at radius 3 is 1.00 bits per heavy atom. The molecule has 2 rings (SSSR count). The molecule has 2 heteroatoms. The molecule has 2 aliphatic rings. The first kappa shape index (κ1) is 4.89. The minimum absolute atomic E-state index is 0.325. The van der Waals surface area contributed by atoms with E-state index in [1.54, 1.807) is 0 Å². The molecule has 0 aromatic carbocycles. The van der Waals surface area contributed by atoms with Crippen LogP contribution in [0, 0.1) is 0 Å². The second kappa shape index (κ2) is 1.01. The molecule has 0 N–H and O–H groups in total. The van der Waals surface area contributed by atoms with Gasteiger partial charge in [-0.05, 0) is 0 Å². The molecule has 0 saturated carbocycles. The zero-order chi connectivity index (χ0) is 5.83. The second-order valence-corrected chi connectivity index (χ2v) is 3.45. The summed E-state index contributed by atoms with van der Waals surface area (Å²) in [6.45, 7) is 0. The molecule has 0 amide bonds. The van der Waals surface area contributed by atoms with E-state index in [9.17, 15) is 0 Å². The second-order valence-electron chi connectivity index (χ2n) is 2.20. The van der Waals surface area contributed by atoms with Crippen LogP contribution < -0.4 is 0 Å². The lowest BCUT2D eigenvalue weighted by molar-refractivity contribution is 0.625. The van der Waals surface area contributed by atoms with Crippen LogP contribution in [0.25, 0.3) is 0 Å². The van der Waals surface area contributed by atoms with Crippen LogP contribution in [0.1, 0.15) is 0 Å². The Bertz CT molecular complexity index is 157. The van der Waals surface area contributed by atoms with Crippen LogP contribution in [-0.2, 0) is 0 Å². The van der Waals surface area contributed by atoms with Crippen LogP contribution >= 0.6 is 23.2 Å². The number of allylic oxidation sites excluding steroid dienone is 4. The van der Waals surface area contributed by atoms with Gasteiger partial charge in [0.15, 0.2) is 0 Å². The van der Waals surface area contributed by atoms with E-state index in [1.165, 1.54) is 0 Å². The van der Waals surface area contributed by atoms with Crippen molar-refractivity contribution < 1.29 is 0 Å². The summed E-state index contributed by atoms with van der Waals surface area (Å²) in [5.41, 5.74) is 0. The maximum Gasteiger partial charge on any atom is 0.107 e. The molecule has 0 spiro atoms. The predicted octanol–water partition coefficient (Wildman–Crippen LogP) is 2.08. The van der Waals surface area contributed by atoms with Crippen molar-refractivity contribution >= 4 is 23.2 Å². The summed E-state index contributed by atoms with van der Waals surface area (Å²) in [7, 11) is 0. The Morgan fingerprint density at radius 1 is 0.750 bits per heavy atom.